The number of benzene rings is 3. The first kappa shape index (κ1) is 19.9. The molecule has 1 aliphatic carbocycles. The number of aromatic hydroxyl groups is 1. The Labute approximate surface area is 192 Å². The molecule has 2 heterocycles. The second-order valence-electron chi connectivity index (χ2n) is 8.26. The standard InChI is InChI=1S/C27H19FN2O2S/c28-19-8-4-7-18(15-19)25-22-12-11-17-6-1-2-10-21(17)24(22)29-27-30(25)26(32)23(33-27)14-16-5-3-9-20(31)13-16/h1-10,13-15,25,31H,11-12H2. The van der Waals surface area contributed by atoms with Gasteiger partial charge in [0.25, 0.3) is 5.56 Å². The predicted molar refractivity (Wildman–Crippen MR) is 127 cm³/mol. The summed E-state index contributed by atoms with van der Waals surface area (Å²) in [5.41, 5.74) is 5.54. The Kier molecular flexibility index (Phi) is 4.62. The topological polar surface area (TPSA) is 54.6 Å². The van der Waals surface area contributed by atoms with Gasteiger partial charge in [0.2, 0.25) is 0 Å². The molecule has 33 heavy (non-hydrogen) atoms. The Morgan fingerprint density at radius 1 is 1.03 bits per heavy atom. The number of fused-ring (bicyclic) bond motifs is 3. The van der Waals surface area contributed by atoms with Crippen molar-refractivity contribution in [1.82, 2.24) is 4.57 Å². The van der Waals surface area contributed by atoms with Gasteiger partial charge in [0.15, 0.2) is 4.80 Å². The summed E-state index contributed by atoms with van der Waals surface area (Å²) in [6.45, 7) is 0. The highest BCUT2D eigenvalue weighted by Crippen LogP contribution is 2.41. The van der Waals surface area contributed by atoms with Gasteiger partial charge in [-0.1, -0.05) is 59.9 Å². The molecule has 1 aromatic heterocycles. The number of aromatic nitrogens is 1. The molecule has 1 atom stereocenters. The number of nitrogens with zero attached hydrogens (tertiary/aromatic N) is 2. The second kappa shape index (κ2) is 7.67. The summed E-state index contributed by atoms with van der Waals surface area (Å²) >= 11 is 1.31. The predicted octanol–water partition coefficient (Wildman–Crippen LogP) is 4.16. The number of aryl methyl sites for hydroxylation is 1. The van der Waals surface area contributed by atoms with Gasteiger partial charge in [-0.2, -0.15) is 0 Å². The lowest BCUT2D eigenvalue weighted by atomic mass is 9.83. The van der Waals surface area contributed by atoms with Gasteiger partial charge >= 0.3 is 0 Å². The third-order valence-electron chi connectivity index (χ3n) is 6.21. The zero-order valence-corrected chi connectivity index (χ0v) is 18.3. The van der Waals surface area contributed by atoms with Gasteiger partial charge in [-0.3, -0.25) is 9.36 Å². The number of rotatable bonds is 2. The van der Waals surface area contributed by atoms with E-state index in [1.165, 1.54) is 29.0 Å². The molecule has 6 heteroatoms. The Morgan fingerprint density at radius 2 is 1.88 bits per heavy atom. The number of phenols is 1. The van der Waals surface area contributed by atoms with Crippen molar-refractivity contribution in [2.75, 3.05) is 0 Å². The van der Waals surface area contributed by atoms with Crippen LogP contribution in [0.5, 0.6) is 5.75 Å². The molecule has 6 rings (SSSR count). The van der Waals surface area contributed by atoms with Gasteiger partial charge < -0.3 is 5.11 Å². The van der Waals surface area contributed by atoms with E-state index < -0.39 is 6.04 Å². The van der Waals surface area contributed by atoms with E-state index in [4.69, 9.17) is 4.99 Å². The van der Waals surface area contributed by atoms with Crippen molar-refractivity contribution in [2.45, 2.75) is 18.9 Å². The van der Waals surface area contributed by atoms with E-state index in [0.717, 1.165) is 40.8 Å². The summed E-state index contributed by atoms with van der Waals surface area (Å²) in [5, 5.41) is 9.81. The highest BCUT2D eigenvalue weighted by atomic mass is 32.1. The SMILES string of the molecule is O=c1c(=Cc2cccc(O)c2)sc2n1C(c1cccc(F)c1)C1=C(N=2)c2ccccc2CC1. The summed E-state index contributed by atoms with van der Waals surface area (Å²) in [7, 11) is 0. The molecule has 2 aliphatic rings. The van der Waals surface area contributed by atoms with Crippen molar-refractivity contribution in [3.8, 4) is 5.75 Å². The van der Waals surface area contributed by atoms with Crippen LogP contribution in [-0.2, 0) is 6.42 Å². The van der Waals surface area contributed by atoms with Gasteiger partial charge in [-0.05, 0) is 65.4 Å². The molecule has 1 N–H and O–H groups in total. The van der Waals surface area contributed by atoms with Crippen molar-refractivity contribution in [2.24, 2.45) is 4.99 Å². The van der Waals surface area contributed by atoms with Gasteiger partial charge in [-0.15, -0.1) is 0 Å². The molecular weight excluding hydrogens is 435 g/mol. The number of hydrogen-bond acceptors (Lipinski definition) is 4. The Hall–Kier alpha value is -3.77. The summed E-state index contributed by atoms with van der Waals surface area (Å²) in [4.78, 5) is 19.1. The van der Waals surface area contributed by atoms with Crippen LogP contribution in [0, 0.1) is 5.82 Å². The van der Waals surface area contributed by atoms with Crippen LogP contribution < -0.4 is 14.9 Å². The van der Waals surface area contributed by atoms with E-state index in [1.807, 2.05) is 24.3 Å². The fraction of sp³-hybridized carbons (Fsp3) is 0.111. The summed E-state index contributed by atoms with van der Waals surface area (Å²) in [6, 6.07) is 21.1. The third kappa shape index (κ3) is 3.34. The van der Waals surface area contributed by atoms with Crippen LogP contribution in [0.4, 0.5) is 4.39 Å². The lowest BCUT2D eigenvalue weighted by Crippen LogP contribution is -2.38. The highest BCUT2D eigenvalue weighted by molar-refractivity contribution is 7.07. The molecule has 0 bridgehead atoms. The molecule has 1 aliphatic heterocycles. The Bertz CT molecular complexity index is 1630. The van der Waals surface area contributed by atoms with Crippen molar-refractivity contribution in [1.29, 1.82) is 0 Å². The Morgan fingerprint density at radius 3 is 2.73 bits per heavy atom. The molecule has 0 radical (unpaired) electrons. The van der Waals surface area contributed by atoms with Gasteiger partial charge in [0.1, 0.15) is 11.6 Å². The zero-order valence-electron chi connectivity index (χ0n) is 17.5. The van der Waals surface area contributed by atoms with E-state index >= 15 is 0 Å². The maximum Gasteiger partial charge on any atom is 0.271 e. The normalized spacial score (nSPS) is 17.2. The molecule has 1 unspecified atom stereocenters. The molecule has 4 nitrogen and oxygen atoms in total. The van der Waals surface area contributed by atoms with E-state index in [2.05, 4.69) is 12.1 Å². The van der Waals surface area contributed by atoms with Crippen molar-refractivity contribution < 1.29 is 9.50 Å². The molecule has 0 spiro atoms. The zero-order chi connectivity index (χ0) is 22.5. The van der Waals surface area contributed by atoms with Crippen LogP contribution in [-0.4, -0.2) is 9.67 Å². The number of phenolic OH excluding ortho intramolecular Hbond substituents is 1. The third-order valence-corrected chi connectivity index (χ3v) is 7.19. The number of hydrogen-bond donors (Lipinski definition) is 1. The average Bonchev–Trinajstić information content (AvgIpc) is 3.12. The monoisotopic (exact) mass is 454 g/mol. The largest absolute Gasteiger partial charge is 0.508 e. The van der Waals surface area contributed by atoms with Crippen LogP contribution in [0.15, 0.2) is 88.2 Å². The van der Waals surface area contributed by atoms with Crippen molar-refractivity contribution in [3.63, 3.8) is 0 Å². The highest BCUT2D eigenvalue weighted by Gasteiger charge is 2.32. The van der Waals surface area contributed by atoms with E-state index in [1.54, 1.807) is 34.9 Å². The number of thiazole rings is 1. The first-order valence-electron chi connectivity index (χ1n) is 10.8. The minimum Gasteiger partial charge on any atom is -0.508 e. The minimum absolute atomic E-state index is 0.140. The second-order valence-corrected chi connectivity index (χ2v) is 9.27. The maximum absolute atomic E-state index is 14.2. The average molecular weight is 455 g/mol. The molecule has 0 fully saturated rings. The minimum atomic E-state index is -0.411. The van der Waals surface area contributed by atoms with E-state index in [0.29, 0.717) is 9.33 Å². The quantitative estimate of drug-likeness (QED) is 0.495. The summed E-state index contributed by atoms with van der Waals surface area (Å²) in [6.07, 6.45) is 3.38. The molecule has 4 aromatic rings. The fourth-order valence-electron chi connectivity index (χ4n) is 4.76. The lowest BCUT2D eigenvalue weighted by molar-refractivity contribution is 0.475. The first-order chi connectivity index (χ1) is 16.1. The van der Waals surface area contributed by atoms with Crippen LogP contribution in [0.3, 0.4) is 0 Å². The van der Waals surface area contributed by atoms with Crippen LogP contribution in [0.2, 0.25) is 0 Å². The van der Waals surface area contributed by atoms with Gasteiger partial charge in [0.05, 0.1) is 16.3 Å². The van der Waals surface area contributed by atoms with Crippen LogP contribution in [0.25, 0.3) is 11.8 Å². The molecule has 0 saturated carbocycles. The van der Waals surface area contributed by atoms with Crippen LogP contribution >= 0.6 is 11.3 Å². The van der Waals surface area contributed by atoms with Gasteiger partial charge in [0, 0.05) is 5.56 Å². The first-order valence-corrected chi connectivity index (χ1v) is 11.6. The number of allylic oxidation sites excluding steroid dienone is 1. The van der Waals surface area contributed by atoms with Crippen molar-refractivity contribution in [3.05, 3.63) is 126 Å². The molecular formula is C27H19FN2O2S. The van der Waals surface area contributed by atoms with Gasteiger partial charge in [-0.25, -0.2) is 9.38 Å². The smallest absolute Gasteiger partial charge is 0.271 e. The lowest BCUT2D eigenvalue weighted by Gasteiger charge is -2.30. The van der Waals surface area contributed by atoms with E-state index in [9.17, 15) is 14.3 Å². The molecule has 3 aromatic carbocycles. The fourth-order valence-corrected chi connectivity index (χ4v) is 5.77. The summed E-state index contributed by atoms with van der Waals surface area (Å²) in [5.74, 6) is -0.189. The number of halogens is 1. The summed E-state index contributed by atoms with van der Waals surface area (Å²) < 4.78 is 16.5. The molecule has 0 amide bonds. The van der Waals surface area contributed by atoms with E-state index in [-0.39, 0.29) is 17.1 Å². The Balaban J connectivity index is 1.64. The van der Waals surface area contributed by atoms with Crippen LogP contribution in [0.1, 0.15) is 34.7 Å². The molecule has 0 saturated heterocycles. The molecule has 162 valence electrons. The van der Waals surface area contributed by atoms with Crippen molar-refractivity contribution >= 4 is 23.1 Å². The maximum atomic E-state index is 14.2.